The summed E-state index contributed by atoms with van der Waals surface area (Å²) in [4.78, 5) is 17.4. The van der Waals surface area contributed by atoms with Crippen LogP contribution in [0.3, 0.4) is 0 Å². The van der Waals surface area contributed by atoms with E-state index in [1.807, 2.05) is 18.2 Å². The zero-order chi connectivity index (χ0) is 16.1. The lowest BCUT2D eigenvalue weighted by Gasteiger charge is -2.28. The van der Waals surface area contributed by atoms with Crippen LogP contribution in [0.4, 0.5) is 5.69 Å². The first kappa shape index (κ1) is 14.3. The SMILES string of the molecule is Cc1ccc(N2CC(C(C)C)N3C(=O)c4ccccc4C23)cc1. The van der Waals surface area contributed by atoms with E-state index in [2.05, 4.69) is 60.9 Å². The molecule has 23 heavy (non-hydrogen) atoms. The van der Waals surface area contributed by atoms with Crippen molar-refractivity contribution in [3.63, 3.8) is 0 Å². The average molecular weight is 306 g/mol. The minimum Gasteiger partial charge on any atom is -0.345 e. The first-order chi connectivity index (χ1) is 11.1. The number of anilines is 1. The Labute approximate surface area is 137 Å². The fourth-order valence-electron chi connectivity index (χ4n) is 3.87. The van der Waals surface area contributed by atoms with Crippen LogP contribution in [-0.2, 0) is 0 Å². The number of fused-ring (bicyclic) bond motifs is 3. The van der Waals surface area contributed by atoms with Gasteiger partial charge in [0.2, 0.25) is 0 Å². The Balaban J connectivity index is 1.82. The molecule has 3 nitrogen and oxygen atoms in total. The average Bonchev–Trinajstić information content (AvgIpc) is 3.07. The van der Waals surface area contributed by atoms with Crippen LogP contribution in [0.2, 0.25) is 0 Å². The molecule has 3 heteroatoms. The van der Waals surface area contributed by atoms with Crippen LogP contribution in [0.25, 0.3) is 0 Å². The molecule has 2 atom stereocenters. The highest BCUT2D eigenvalue weighted by Gasteiger charge is 2.50. The van der Waals surface area contributed by atoms with Crippen LogP contribution in [0.15, 0.2) is 48.5 Å². The number of carbonyl (C=O) groups is 1. The lowest BCUT2D eigenvalue weighted by atomic mass is 10.0. The Morgan fingerprint density at radius 2 is 1.74 bits per heavy atom. The van der Waals surface area contributed by atoms with Gasteiger partial charge in [0.25, 0.3) is 5.91 Å². The topological polar surface area (TPSA) is 23.6 Å². The predicted molar refractivity (Wildman–Crippen MR) is 92.5 cm³/mol. The smallest absolute Gasteiger partial charge is 0.256 e. The summed E-state index contributed by atoms with van der Waals surface area (Å²) in [5, 5.41) is 0. The van der Waals surface area contributed by atoms with Crippen LogP contribution in [0.5, 0.6) is 0 Å². The van der Waals surface area contributed by atoms with E-state index in [4.69, 9.17) is 0 Å². The lowest BCUT2D eigenvalue weighted by molar-refractivity contribution is 0.0678. The van der Waals surface area contributed by atoms with Gasteiger partial charge in [-0.3, -0.25) is 4.79 Å². The molecular formula is C20H22N2O. The molecule has 2 aromatic carbocycles. The van der Waals surface area contributed by atoms with Gasteiger partial charge in [0.15, 0.2) is 0 Å². The molecule has 118 valence electrons. The largest absolute Gasteiger partial charge is 0.345 e. The number of hydrogen-bond acceptors (Lipinski definition) is 2. The summed E-state index contributed by atoms with van der Waals surface area (Å²) in [5.74, 6) is 0.616. The molecule has 2 aliphatic rings. The highest BCUT2D eigenvalue weighted by atomic mass is 16.2. The van der Waals surface area contributed by atoms with Gasteiger partial charge >= 0.3 is 0 Å². The van der Waals surface area contributed by atoms with Crippen molar-refractivity contribution in [2.45, 2.75) is 33.0 Å². The highest BCUT2D eigenvalue weighted by Crippen LogP contribution is 2.45. The molecule has 0 saturated carbocycles. The summed E-state index contributed by atoms with van der Waals surface area (Å²) in [6.45, 7) is 7.41. The summed E-state index contributed by atoms with van der Waals surface area (Å²) in [5.41, 5.74) is 4.45. The molecule has 0 aromatic heterocycles. The molecule has 0 bridgehead atoms. The van der Waals surface area contributed by atoms with Crippen LogP contribution < -0.4 is 4.90 Å². The molecule has 2 heterocycles. The molecule has 4 rings (SSSR count). The molecule has 2 aliphatic heterocycles. The van der Waals surface area contributed by atoms with Crippen molar-refractivity contribution in [1.82, 2.24) is 4.90 Å². The van der Waals surface area contributed by atoms with Crippen molar-refractivity contribution >= 4 is 11.6 Å². The molecule has 2 aromatic rings. The molecule has 0 spiro atoms. The molecular weight excluding hydrogens is 284 g/mol. The Bertz CT molecular complexity index is 750. The van der Waals surface area contributed by atoms with Gasteiger partial charge in [-0.2, -0.15) is 0 Å². The van der Waals surface area contributed by atoms with Crippen molar-refractivity contribution in [1.29, 1.82) is 0 Å². The predicted octanol–water partition coefficient (Wildman–Crippen LogP) is 3.99. The molecule has 2 unspecified atom stereocenters. The molecule has 0 aliphatic carbocycles. The molecule has 0 N–H and O–H groups in total. The first-order valence-electron chi connectivity index (χ1n) is 8.33. The van der Waals surface area contributed by atoms with Crippen molar-refractivity contribution in [3.05, 3.63) is 65.2 Å². The van der Waals surface area contributed by atoms with Gasteiger partial charge in [-0.15, -0.1) is 0 Å². The van der Waals surface area contributed by atoms with E-state index in [9.17, 15) is 4.79 Å². The Morgan fingerprint density at radius 1 is 1.04 bits per heavy atom. The maximum Gasteiger partial charge on any atom is 0.256 e. The second-order valence-corrected chi connectivity index (χ2v) is 6.97. The zero-order valence-corrected chi connectivity index (χ0v) is 13.9. The number of benzene rings is 2. The normalized spacial score (nSPS) is 22.7. The third-order valence-corrected chi connectivity index (χ3v) is 5.14. The summed E-state index contributed by atoms with van der Waals surface area (Å²) in [6, 6.07) is 16.9. The van der Waals surface area contributed by atoms with Crippen LogP contribution >= 0.6 is 0 Å². The lowest BCUT2D eigenvalue weighted by Crippen LogP contribution is -2.37. The van der Waals surface area contributed by atoms with Crippen LogP contribution in [-0.4, -0.2) is 23.4 Å². The van der Waals surface area contributed by atoms with E-state index in [1.54, 1.807) is 0 Å². The minimum absolute atomic E-state index is 0.0359. The highest BCUT2D eigenvalue weighted by molar-refractivity contribution is 6.00. The summed E-state index contributed by atoms with van der Waals surface area (Å²) >= 11 is 0. The second-order valence-electron chi connectivity index (χ2n) is 6.97. The van der Waals surface area contributed by atoms with E-state index in [-0.39, 0.29) is 18.1 Å². The van der Waals surface area contributed by atoms with Gasteiger partial charge in [-0.1, -0.05) is 49.7 Å². The van der Waals surface area contributed by atoms with Gasteiger partial charge in [0.1, 0.15) is 6.17 Å². The maximum atomic E-state index is 12.9. The fourth-order valence-corrected chi connectivity index (χ4v) is 3.87. The van der Waals surface area contributed by atoms with Gasteiger partial charge in [-0.05, 0) is 31.0 Å². The van der Waals surface area contributed by atoms with Crippen LogP contribution in [0, 0.1) is 12.8 Å². The zero-order valence-electron chi connectivity index (χ0n) is 13.9. The maximum absolute atomic E-state index is 12.9. The van der Waals surface area contributed by atoms with E-state index in [0.29, 0.717) is 5.92 Å². The monoisotopic (exact) mass is 306 g/mol. The van der Waals surface area contributed by atoms with Gasteiger partial charge in [0, 0.05) is 23.4 Å². The van der Waals surface area contributed by atoms with Crippen molar-refractivity contribution in [3.8, 4) is 0 Å². The summed E-state index contributed by atoms with van der Waals surface area (Å²) in [6.07, 6.45) is 0.0359. The molecule has 1 amide bonds. The standard InChI is InChI=1S/C20H22N2O/c1-13(2)18-12-21(15-10-8-14(3)9-11-15)19-16-6-4-5-7-17(16)20(23)22(18)19/h4-11,13,18-19H,12H2,1-3H3. The molecule has 0 radical (unpaired) electrons. The first-order valence-corrected chi connectivity index (χ1v) is 8.33. The van der Waals surface area contributed by atoms with E-state index in [1.165, 1.54) is 11.3 Å². The van der Waals surface area contributed by atoms with E-state index < -0.39 is 0 Å². The number of aryl methyl sites for hydroxylation is 1. The van der Waals surface area contributed by atoms with Gasteiger partial charge in [-0.25, -0.2) is 0 Å². The Hall–Kier alpha value is -2.29. The minimum atomic E-state index is 0.0359. The Kier molecular flexibility index (Phi) is 3.19. The van der Waals surface area contributed by atoms with Gasteiger partial charge < -0.3 is 9.80 Å². The van der Waals surface area contributed by atoms with Crippen molar-refractivity contribution < 1.29 is 4.79 Å². The summed E-state index contributed by atoms with van der Waals surface area (Å²) in [7, 11) is 0. The van der Waals surface area contributed by atoms with Crippen LogP contribution in [0.1, 0.15) is 41.5 Å². The Morgan fingerprint density at radius 3 is 2.43 bits per heavy atom. The van der Waals surface area contributed by atoms with E-state index >= 15 is 0 Å². The van der Waals surface area contributed by atoms with Crippen molar-refractivity contribution in [2.24, 2.45) is 5.92 Å². The number of nitrogens with zero attached hydrogens (tertiary/aromatic N) is 2. The third kappa shape index (κ3) is 2.07. The number of amides is 1. The molecule has 1 fully saturated rings. The number of rotatable bonds is 2. The number of carbonyl (C=O) groups excluding carboxylic acids is 1. The third-order valence-electron chi connectivity index (χ3n) is 5.14. The second kappa shape index (κ2) is 5.12. The van der Waals surface area contributed by atoms with Crippen molar-refractivity contribution in [2.75, 3.05) is 11.4 Å². The number of hydrogen-bond donors (Lipinski definition) is 0. The van der Waals surface area contributed by atoms with Gasteiger partial charge in [0.05, 0.1) is 6.04 Å². The van der Waals surface area contributed by atoms with E-state index in [0.717, 1.165) is 17.7 Å². The quantitative estimate of drug-likeness (QED) is 0.837. The summed E-state index contributed by atoms with van der Waals surface area (Å²) < 4.78 is 0. The molecule has 1 saturated heterocycles. The fraction of sp³-hybridized carbons (Fsp3) is 0.350.